The highest BCUT2D eigenvalue weighted by Gasteiger charge is 2.22. The molecule has 0 fully saturated rings. The highest BCUT2D eigenvalue weighted by atomic mass is 16.6. The quantitative estimate of drug-likeness (QED) is 0.881. The number of hydrogen-bond acceptors (Lipinski definition) is 5. The minimum atomic E-state index is -1.28. The lowest BCUT2D eigenvalue weighted by Crippen LogP contribution is -2.28. The van der Waals surface area contributed by atoms with Crippen LogP contribution in [0.5, 0.6) is 0 Å². The van der Waals surface area contributed by atoms with Crippen molar-refractivity contribution >= 4 is 28.7 Å². The van der Waals surface area contributed by atoms with Crippen molar-refractivity contribution in [3.8, 4) is 0 Å². The molecule has 0 unspecified atom stereocenters. The Hall–Kier alpha value is -2.70. The van der Waals surface area contributed by atoms with Crippen molar-refractivity contribution in [1.29, 1.82) is 0 Å². The number of hydrogen-bond donors (Lipinski definition) is 2. The minimum absolute atomic E-state index is 0.0716. The Labute approximate surface area is 120 Å². The van der Waals surface area contributed by atoms with Gasteiger partial charge in [-0.25, -0.2) is 9.59 Å². The van der Waals surface area contributed by atoms with Gasteiger partial charge in [0.25, 0.3) is 0 Å². The molecule has 0 aliphatic rings. The lowest BCUT2D eigenvalue weighted by Gasteiger charge is -2.20. The number of aromatic carboxylic acids is 1. The highest BCUT2D eigenvalue weighted by molar-refractivity contribution is 6.06. The van der Waals surface area contributed by atoms with Crippen LogP contribution < -0.4 is 5.32 Å². The van der Waals surface area contributed by atoms with Crippen LogP contribution in [0.2, 0.25) is 0 Å². The maximum atomic E-state index is 11.9. The lowest BCUT2D eigenvalue weighted by molar-refractivity contribution is 0.0636. The van der Waals surface area contributed by atoms with Gasteiger partial charge in [0.2, 0.25) is 0 Å². The molecule has 0 atom stereocenters. The van der Waals surface area contributed by atoms with Crippen molar-refractivity contribution < 1.29 is 19.4 Å². The van der Waals surface area contributed by atoms with Crippen LogP contribution in [0.4, 0.5) is 10.5 Å². The molecule has 0 spiro atoms. The molecule has 0 aliphatic carbocycles. The third kappa shape index (κ3) is 3.44. The van der Waals surface area contributed by atoms with E-state index in [1.165, 1.54) is 0 Å². The van der Waals surface area contributed by atoms with Gasteiger partial charge < -0.3 is 9.84 Å². The Morgan fingerprint density at radius 3 is 2.48 bits per heavy atom. The van der Waals surface area contributed by atoms with Gasteiger partial charge in [-0.1, -0.05) is 18.2 Å². The Morgan fingerprint density at radius 2 is 1.86 bits per heavy atom. The van der Waals surface area contributed by atoms with Crippen molar-refractivity contribution in [3.63, 3.8) is 0 Å². The van der Waals surface area contributed by atoms with Gasteiger partial charge in [0.15, 0.2) is 5.69 Å². The summed E-state index contributed by atoms with van der Waals surface area (Å²) in [6.07, 6.45) is -0.747. The molecular formula is C14H15N3O4. The average molecular weight is 289 g/mol. The first-order chi connectivity index (χ1) is 9.78. The molecule has 21 heavy (non-hydrogen) atoms. The van der Waals surface area contributed by atoms with E-state index in [2.05, 4.69) is 15.5 Å². The van der Waals surface area contributed by atoms with E-state index in [1.807, 2.05) is 0 Å². The number of rotatable bonds is 2. The summed E-state index contributed by atoms with van der Waals surface area (Å²) in [6, 6.07) is 6.79. The molecule has 0 saturated carbocycles. The van der Waals surface area contributed by atoms with Crippen molar-refractivity contribution in [1.82, 2.24) is 10.2 Å². The number of anilines is 1. The number of benzene rings is 1. The Kier molecular flexibility index (Phi) is 3.75. The molecule has 1 aromatic carbocycles. The molecule has 0 bridgehead atoms. The van der Waals surface area contributed by atoms with Crippen molar-refractivity contribution in [2.24, 2.45) is 0 Å². The first kappa shape index (κ1) is 14.7. The van der Waals surface area contributed by atoms with E-state index in [0.29, 0.717) is 10.9 Å². The second-order valence-corrected chi connectivity index (χ2v) is 5.37. The van der Waals surface area contributed by atoms with E-state index in [0.717, 1.165) is 0 Å². The number of amides is 1. The maximum absolute atomic E-state index is 11.9. The minimum Gasteiger partial charge on any atom is -0.476 e. The Morgan fingerprint density at radius 1 is 1.19 bits per heavy atom. The molecule has 1 aromatic heterocycles. The zero-order chi connectivity index (χ0) is 15.6. The van der Waals surface area contributed by atoms with Crippen molar-refractivity contribution in [2.45, 2.75) is 26.4 Å². The molecule has 2 rings (SSSR count). The standard InChI is InChI=1S/C14H15N3O4/c1-14(2,3)21-13(20)15-10-8-6-4-5-7-9(8)16-17-11(10)12(18)19/h4-7H,1-3H3,(H,18,19)(H,15,16,20). The molecule has 2 N–H and O–H groups in total. The summed E-state index contributed by atoms with van der Waals surface area (Å²) in [5, 5.41) is 19.6. The van der Waals surface area contributed by atoms with Crippen LogP contribution in [0, 0.1) is 0 Å². The summed E-state index contributed by atoms with van der Waals surface area (Å²) >= 11 is 0. The topological polar surface area (TPSA) is 101 Å². The number of fused-ring (bicyclic) bond motifs is 1. The number of carboxylic acids is 1. The fourth-order valence-electron chi connectivity index (χ4n) is 1.74. The van der Waals surface area contributed by atoms with Crippen LogP contribution in [0.3, 0.4) is 0 Å². The molecule has 1 heterocycles. The van der Waals surface area contributed by atoms with E-state index in [9.17, 15) is 14.7 Å². The Balaban J connectivity index is 2.47. The first-order valence-corrected chi connectivity index (χ1v) is 6.26. The lowest BCUT2D eigenvalue weighted by atomic mass is 10.1. The summed E-state index contributed by atoms with van der Waals surface area (Å²) in [5.74, 6) is -1.28. The van der Waals surface area contributed by atoms with Crippen LogP contribution in [-0.4, -0.2) is 33.0 Å². The second kappa shape index (κ2) is 5.35. The maximum Gasteiger partial charge on any atom is 0.412 e. The summed E-state index contributed by atoms with van der Waals surface area (Å²) in [7, 11) is 0. The fraction of sp³-hybridized carbons (Fsp3) is 0.286. The second-order valence-electron chi connectivity index (χ2n) is 5.37. The van der Waals surface area contributed by atoms with E-state index >= 15 is 0 Å². The molecule has 110 valence electrons. The number of carbonyl (C=O) groups excluding carboxylic acids is 1. The predicted molar refractivity (Wildman–Crippen MR) is 76.4 cm³/mol. The SMILES string of the molecule is CC(C)(C)OC(=O)Nc1c(C(=O)O)nnc2ccccc12. The average Bonchev–Trinajstić information content (AvgIpc) is 2.36. The normalized spacial score (nSPS) is 11.2. The van der Waals surface area contributed by atoms with E-state index < -0.39 is 17.7 Å². The summed E-state index contributed by atoms with van der Waals surface area (Å²) in [5.41, 5.74) is -0.473. The highest BCUT2D eigenvalue weighted by Crippen LogP contribution is 2.25. The summed E-state index contributed by atoms with van der Waals surface area (Å²) in [6.45, 7) is 5.15. The van der Waals surface area contributed by atoms with Gasteiger partial charge in [-0.2, -0.15) is 0 Å². The summed E-state index contributed by atoms with van der Waals surface area (Å²) in [4.78, 5) is 23.1. The number of nitrogens with zero attached hydrogens (tertiary/aromatic N) is 2. The van der Waals surface area contributed by atoms with Crippen LogP contribution in [-0.2, 0) is 4.74 Å². The molecule has 0 saturated heterocycles. The van der Waals surface area contributed by atoms with Gasteiger partial charge in [0, 0.05) is 5.39 Å². The van der Waals surface area contributed by atoms with Gasteiger partial charge in [0.05, 0.1) is 11.2 Å². The van der Waals surface area contributed by atoms with Crippen LogP contribution in [0.15, 0.2) is 24.3 Å². The third-order valence-electron chi connectivity index (χ3n) is 2.50. The zero-order valence-corrected chi connectivity index (χ0v) is 11.9. The van der Waals surface area contributed by atoms with Gasteiger partial charge in [0.1, 0.15) is 5.60 Å². The number of nitrogens with one attached hydrogen (secondary N) is 1. The molecule has 2 aromatic rings. The third-order valence-corrected chi connectivity index (χ3v) is 2.50. The van der Waals surface area contributed by atoms with Gasteiger partial charge in [-0.15, -0.1) is 10.2 Å². The fourth-order valence-corrected chi connectivity index (χ4v) is 1.74. The molecular weight excluding hydrogens is 274 g/mol. The largest absolute Gasteiger partial charge is 0.476 e. The van der Waals surface area contributed by atoms with Crippen LogP contribution >= 0.6 is 0 Å². The molecule has 7 nitrogen and oxygen atoms in total. The Bertz CT molecular complexity index is 707. The van der Waals surface area contributed by atoms with Gasteiger partial charge in [-0.05, 0) is 26.8 Å². The monoisotopic (exact) mass is 289 g/mol. The predicted octanol–water partition coefficient (Wildman–Crippen LogP) is 2.68. The van der Waals surface area contributed by atoms with E-state index in [1.54, 1.807) is 45.0 Å². The number of aromatic nitrogens is 2. The molecule has 0 aliphatic heterocycles. The number of carboxylic acid groups (broad SMARTS) is 1. The molecule has 1 amide bonds. The van der Waals surface area contributed by atoms with Crippen LogP contribution in [0.1, 0.15) is 31.3 Å². The zero-order valence-electron chi connectivity index (χ0n) is 11.9. The number of carbonyl (C=O) groups is 2. The molecule has 0 radical (unpaired) electrons. The van der Waals surface area contributed by atoms with Gasteiger partial charge >= 0.3 is 12.1 Å². The summed E-state index contributed by atoms with van der Waals surface area (Å²) < 4.78 is 5.13. The van der Waals surface area contributed by atoms with E-state index in [4.69, 9.17) is 4.74 Å². The van der Waals surface area contributed by atoms with Gasteiger partial charge in [-0.3, -0.25) is 5.32 Å². The smallest absolute Gasteiger partial charge is 0.412 e. The van der Waals surface area contributed by atoms with E-state index in [-0.39, 0.29) is 11.4 Å². The van der Waals surface area contributed by atoms with Crippen LogP contribution in [0.25, 0.3) is 10.9 Å². The number of ether oxygens (including phenoxy) is 1. The van der Waals surface area contributed by atoms with Crippen molar-refractivity contribution in [3.05, 3.63) is 30.0 Å². The molecule has 7 heteroatoms. The van der Waals surface area contributed by atoms with Crippen molar-refractivity contribution in [2.75, 3.05) is 5.32 Å². The first-order valence-electron chi connectivity index (χ1n) is 6.26.